The number of aryl methyl sites for hydroxylation is 1. The van der Waals surface area contributed by atoms with E-state index >= 15 is 0 Å². The van der Waals surface area contributed by atoms with E-state index in [1.807, 2.05) is 38.1 Å². The van der Waals surface area contributed by atoms with Crippen molar-refractivity contribution in [1.29, 1.82) is 0 Å². The van der Waals surface area contributed by atoms with E-state index in [4.69, 9.17) is 34.8 Å². The quantitative estimate of drug-likeness (QED) is 0.193. The summed E-state index contributed by atoms with van der Waals surface area (Å²) in [7, 11) is 0. The largest absolute Gasteiger partial charge is 0.0843 e. The van der Waals surface area contributed by atoms with Crippen LogP contribution in [0.2, 0.25) is 19.5 Å². The molecule has 0 aliphatic carbocycles. The summed E-state index contributed by atoms with van der Waals surface area (Å²) in [4.78, 5) is 38.4. The maximum Gasteiger partial charge on any atom is 0.0406 e. The van der Waals surface area contributed by atoms with Crippen molar-refractivity contribution in [3.63, 3.8) is 0 Å². The van der Waals surface area contributed by atoms with Crippen molar-refractivity contribution in [2.45, 2.75) is 31.1 Å². The molecule has 0 radical (unpaired) electrons. The van der Waals surface area contributed by atoms with Gasteiger partial charge < -0.3 is 0 Å². The third kappa shape index (κ3) is 7.68. The van der Waals surface area contributed by atoms with Crippen LogP contribution < -0.4 is 0 Å². The normalized spacial score (nSPS) is 10.7. The smallest absolute Gasteiger partial charge is 0.0406 e. The second kappa shape index (κ2) is 13.3. The van der Waals surface area contributed by atoms with Gasteiger partial charge in [0.1, 0.15) is 0 Å². The van der Waals surface area contributed by atoms with Crippen molar-refractivity contribution >= 4 is 65.1 Å². The summed E-state index contributed by atoms with van der Waals surface area (Å²) >= 11 is 12.9. The summed E-state index contributed by atoms with van der Waals surface area (Å²) in [6, 6.07) is 20.5. The molecule has 0 bridgehead atoms. The monoisotopic (exact) mass is 610 g/mol. The molecule has 3 aromatic carbocycles. The Bertz CT molecular complexity index is 1000. The minimum absolute atomic E-state index is 0.297. The fourth-order valence-corrected chi connectivity index (χ4v) is 12.9. The number of hydrogen-bond acceptors (Lipinski definition) is 3. The number of carbonyl (C=O) groups excluding carboxylic acids is 3. The Labute approximate surface area is 213 Å². The van der Waals surface area contributed by atoms with Gasteiger partial charge in [-0.05, 0) is 19.1 Å². The van der Waals surface area contributed by atoms with Gasteiger partial charge in [0.25, 0.3) is 0 Å². The van der Waals surface area contributed by atoms with E-state index in [1.54, 1.807) is 48.5 Å². The summed E-state index contributed by atoms with van der Waals surface area (Å²) < 4.78 is 0.472. The Morgan fingerprint density at radius 1 is 0.727 bits per heavy atom. The number of unbranched alkanes of at least 4 members (excludes halogenated alkanes) is 1. The topological polar surface area (TPSA) is 51.2 Å². The number of benzene rings is 3. The Balaban J connectivity index is 0.000000405. The van der Waals surface area contributed by atoms with Crippen LogP contribution in [0, 0.1) is 6.92 Å². The molecule has 0 aromatic heterocycles. The van der Waals surface area contributed by atoms with Crippen molar-refractivity contribution in [2.24, 2.45) is 0 Å². The molecular formula is C26H25Cl3O3Sn. The Morgan fingerprint density at radius 3 is 1.39 bits per heavy atom. The van der Waals surface area contributed by atoms with Gasteiger partial charge in [-0.25, -0.2) is 0 Å². The van der Waals surface area contributed by atoms with E-state index in [1.165, 1.54) is 5.56 Å². The van der Waals surface area contributed by atoms with Gasteiger partial charge in [-0.2, -0.15) is 0 Å². The van der Waals surface area contributed by atoms with Crippen LogP contribution in [0.1, 0.15) is 46.0 Å². The SMILES string of the molecule is CCC[CH2][Sn]([CH]=O)([C](=O)c1ccc(Cl)cc1)[C](=O)c1ccc(Cl)cc1.Cc1ccc(Cl)cc1. The van der Waals surface area contributed by atoms with E-state index in [-0.39, 0.29) is 7.60 Å². The van der Waals surface area contributed by atoms with Gasteiger partial charge in [0.15, 0.2) is 0 Å². The Kier molecular flexibility index (Phi) is 11.1. The molecule has 0 atom stereocenters. The molecule has 0 N–H and O–H groups in total. The van der Waals surface area contributed by atoms with Crippen molar-refractivity contribution in [3.8, 4) is 0 Å². The van der Waals surface area contributed by atoms with Crippen LogP contribution in [0.25, 0.3) is 0 Å². The van der Waals surface area contributed by atoms with Crippen LogP contribution in [-0.2, 0) is 4.79 Å². The number of halogens is 3. The molecule has 172 valence electrons. The van der Waals surface area contributed by atoms with E-state index in [9.17, 15) is 14.4 Å². The molecule has 0 heterocycles. The summed E-state index contributed by atoms with van der Waals surface area (Å²) in [5.74, 6) is 0. The minimum atomic E-state index is -4.49. The zero-order valence-corrected chi connectivity index (χ0v) is 23.6. The molecule has 3 aromatic rings. The fraction of sp³-hybridized carbons (Fsp3) is 0.192. The molecule has 33 heavy (non-hydrogen) atoms. The molecule has 0 aliphatic rings. The first-order valence-corrected chi connectivity index (χ1v) is 18.2. The third-order valence-corrected chi connectivity index (χ3v) is 16.6. The molecule has 0 aliphatic heterocycles. The molecular weight excluding hydrogens is 585 g/mol. The molecule has 3 rings (SSSR count). The van der Waals surface area contributed by atoms with Crippen molar-refractivity contribution < 1.29 is 14.4 Å². The van der Waals surface area contributed by atoms with Crippen molar-refractivity contribution in [1.82, 2.24) is 0 Å². The Morgan fingerprint density at radius 2 is 1.09 bits per heavy atom. The van der Waals surface area contributed by atoms with Crippen LogP contribution in [0.4, 0.5) is 0 Å². The number of rotatable bonds is 8. The minimum Gasteiger partial charge on any atom is -0.0843 e. The maximum atomic E-state index is 13.2. The van der Waals surface area contributed by atoms with E-state index in [2.05, 4.69) is 0 Å². The third-order valence-electron chi connectivity index (χ3n) is 5.16. The van der Waals surface area contributed by atoms with Gasteiger partial charge in [0.2, 0.25) is 0 Å². The zero-order valence-electron chi connectivity index (χ0n) is 18.5. The summed E-state index contributed by atoms with van der Waals surface area (Å²) in [6.45, 7) is 4.01. The van der Waals surface area contributed by atoms with E-state index in [0.717, 1.165) is 11.4 Å². The first-order chi connectivity index (χ1) is 15.7. The summed E-state index contributed by atoms with van der Waals surface area (Å²) in [6.07, 6.45) is 1.49. The molecule has 0 saturated heterocycles. The first kappa shape index (κ1) is 27.6. The average Bonchev–Trinajstić information content (AvgIpc) is 2.83. The Hall–Kier alpha value is -1.66. The van der Waals surface area contributed by atoms with Gasteiger partial charge in [-0.15, -0.1) is 0 Å². The molecule has 7 heteroatoms. The second-order valence-electron chi connectivity index (χ2n) is 7.66. The van der Waals surface area contributed by atoms with Crippen LogP contribution in [-0.4, -0.2) is 30.3 Å². The standard InChI is InChI=1S/2C7H4ClO.C7H7Cl.C4H9.CHO.Sn/c2*8-7-3-1-6(5-9)2-4-7;1-6-2-4-7(8)5-3-6;1-3-4-2;1-2;/h2*1-4H;2-5H,1H3;1,3-4H2,2H3;1H;. The van der Waals surface area contributed by atoms with Gasteiger partial charge in [-0.1, -0.05) is 29.3 Å². The average molecular weight is 611 g/mol. The molecule has 0 spiro atoms. The van der Waals surface area contributed by atoms with Crippen molar-refractivity contribution in [2.75, 3.05) is 0 Å². The van der Waals surface area contributed by atoms with Crippen LogP contribution in [0.5, 0.6) is 0 Å². The first-order valence-electron chi connectivity index (χ1n) is 10.5. The van der Waals surface area contributed by atoms with Crippen LogP contribution >= 0.6 is 34.8 Å². The van der Waals surface area contributed by atoms with Gasteiger partial charge in [0, 0.05) is 5.02 Å². The van der Waals surface area contributed by atoms with Gasteiger partial charge >= 0.3 is 162 Å². The van der Waals surface area contributed by atoms with E-state index < -0.39 is 18.4 Å². The predicted octanol–water partition coefficient (Wildman–Crippen LogP) is 7.81. The van der Waals surface area contributed by atoms with Crippen molar-refractivity contribution in [3.05, 3.63) is 105 Å². The molecule has 0 fully saturated rings. The van der Waals surface area contributed by atoms with Gasteiger partial charge in [-0.3, -0.25) is 0 Å². The zero-order chi connectivity index (χ0) is 24.4. The number of hydrogen-bond donors (Lipinski definition) is 0. The van der Waals surface area contributed by atoms with Gasteiger partial charge in [0.05, 0.1) is 0 Å². The molecule has 0 saturated carbocycles. The molecule has 3 nitrogen and oxygen atoms in total. The predicted molar refractivity (Wildman–Crippen MR) is 140 cm³/mol. The van der Waals surface area contributed by atoms with Crippen LogP contribution in [0.3, 0.4) is 0 Å². The molecule has 0 amide bonds. The van der Waals surface area contributed by atoms with E-state index in [0.29, 0.717) is 36.3 Å². The maximum absolute atomic E-state index is 13.2. The molecule has 0 unspecified atom stereocenters. The summed E-state index contributed by atoms with van der Waals surface area (Å²) in [5, 5.41) is 1.80. The van der Waals surface area contributed by atoms with Crippen LogP contribution in [0.15, 0.2) is 72.8 Å². The second-order valence-corrected chi connectivity index (χ2v) is 19.2. The summed E-state index contributed by atoms with van der Waals surface area (Å²) in [5.41, 5.74) is 2.01. The number of carbonyl (C=O) groups is 3. The fourth-order valence-electron chi connectivity index (χ4n) is 3.20.